The summed E-state index contributed by atoms with van der Waals surface area (Å²) in [6.07, 6.45) is 1.34. The highest BCUT2D eigenvalue weighted by Crippen LogP contribution is 2.30. The summed E-state index contributed by atoms with van der Waals surface area (Å²) in [7, 11) is 1.44. The Morgan fingerprint density at radius 1 is 1.30 bits per heavy atom. The minimum atomic E-state index is -0.956. The molecule has 27 heavy (non-hydrogen) atoms. The van der Waals surface area contributed by atoms with Crippen molar-refractivity contribution in [2.75, 3.05) is 19.0 Å². The molecule has 2 aromatic rings. The maximum absolute atomic E-state index is 12.0. The van der Waals surface area contributed by atoms with Crippen LogP contribution >= 0.6 is 11.6 Å². The second-order valence-electron chi connectivity index (χ2n) is 5.63. The quantitative estimate of drug-likeness (QED) is 0.699. The fourth-order valence-electron chi connectivity index (χ4n) is 2.11. The van der Waals surface area contributed by atoms with Gasteiger partial charge in [-0.25, -0.2) is 4.79 Å². The number of rotatable bonds is 7. The molecule has 1 atom stereocenters. The normalized spacial score (nSPS) is 11.4. The highest BCUT2D eigenvalue weighted by atomic mass is 35.5. The number of amides is 2. The molecule has 0 saturated heterocycles. The van der Waals surface area contributed by atoms with E-state index in [1.54, 1.807) is 25.1 Å². The van der Waals surface area contributed by atoms with Gasteiger partial charge in [-0.05, 0) is 37.6 Å². The Kier molecular flexibility index (Phi) is 6.84. The third-order valence-electron chi connectivity index (χ3n) is 3.55. The van der Waals surface area contributed by atoms with Crippen molar-refractivity contribution in [3.05, 3.63) is 46.9 Å². The van der Waals surface area contributed by atoms with E-state index in [0.717, 1.165) is 5.56 Å². The Morgan fingerprint density at radius 3 is 2.67 bits per heavy atom. The maximum atomic E-state index is 12.0. The molecule has 144 valence electrons. The molecule has 0 saturated carbocycles. The Labute approximate surface area is 160 Å². The average Bonchev–Trinajstić information content (AvgIpc) is 3.17. The number of carbonyl (C=O) groups excluding carboxylic acids is 3. The predicted molar refractivity (Wildman–Crippen MR) is 98.0 cm³/mol. The van der Waals surface area contributed by atoms with Gasteiger partial charge in [0.25, 0.3) is 11.8 Å². The lowest BCUT2D eigenvalue weighted by molar-refractivity contribution is -0.148. The average molecular weight is 395 g/mol. The Hall–Kier alpha value is -3.00. The van der Waals surface area contributed by atoms with Gasteiger partial charge in [0.05, 0.1) is 19.1 Å². The number of nitrogens with one attached hydrogen (secondary N) is 2. The molecule has 1 aromatic carbocycles. The van der Waals surface area contributed by atoms with Gasteiger partial charge >= 0.3 is 5.97 Å². The standard InChI is InChI=1S/C18H19ClN2O6/c1-10-7-13(15(25-3)8-12(10)19)21-16(22)9-27-18(24)11(2)20-17(23)14-5-4-6-26-14/h4-8,11H,9H2,1-3H3,(H,20,23)(H,21,22)/t11-/m0/s1. The third-order valence-corrected chi connectivity index (χ3v) is 3.95. The van der Waals surface area contributed by atoms with Crippen molar-refractivity contribution >= 4 is 35.1 Å². The topological polar surface area (TPSA) is 107 Å². The number of hydrogen-bond donors (Lipinski definition) is 2. The molecule has 8 nitrogen and oxygen atoms in total. The Bertz CT molecular complexity index is 835. The van der Waals surface area contributed by atoms with Crippen LogP contribution in [-0.2, 0) is 14.3 Å². The predicted octanol–water partition coefficient (Wildman–Crippen LogP) is 2.55. The number of carbonyl (C=O) groups is 3. The molecule has 0 spiro atoms. The molecule has 0 aliphatic rings. The van der Waals surface area contributed by atoms with E-state index in [1.165, 1.54) is 26.4 Å². The molecule has 1 aromatic heterocycles. The summed E-state index contributed by atoms with van der Waals surface area (Å²) in [6.45, 7) is 2.69. The molecule has 0 radical (unpaired) electrons. The summed E-state index contributed by atoms with van der Waals surface area (Å²) < 4.78 is 15.0. The minimum absolute atomic E-state index is 0.0672. The van der Waals surface area contributed by atoms with Crippen molar-refractivity contribution in [2.45, 2.75) is 19.9 Å². The van der Waals surface area contributed by atoms with Crippen molar-refractivity contribution in [3.63, 3.8) is 0 Å². The molecule has 0 bridgehead atoms. The van der Waals surface area contributed by atoms with Gasteiger partial charge in [-0.3, -0.25) is 9.59 Å². The first kappa shape index (κ1) is 20.3. The van der Waals surface area contributed by atoms with Crippen LogP contribution in [0.2, 0.25) is 5.02 Å². The highest BCUT2D eigenvalue weighted by Gasteiger charge is 2.20. The van der Waals surface area contributed by atoms with E-state index >= 15 is 0 Å². The number of furan rings is 1. The highest BCUT2D eigenvalue weighted by molar-refractivity contribution is 6.31. The lowest BCUT2D eigenvalue weighted by atomic mass is 10.2. The van der Waals surface area contributed by atoms with E-state index in [1.807, 2.05) is 0 Å². The van der Waals surface area contributed by atoms with Crippen LogP contribution < -0.4 is 15.4 Å². The zero-order chi connectivity index (χ0) is 20.0. The summed E-state index contributed by atoms with van der Waals surface area (Å²) in [5.74, 6) is -1.44. The number of hydrogen-bond acceptors (Lipinski definition) is 6. The number of methoxy groups -OCH3 is 1. The molecule has 2 rings (SSSR count). The van der Waals surface area contributed by atoms with Gasteiger partial charge in [-0.15, -0.1) is 0 Å². The van der Waals surface area contributed by atoms with Crippen LogP contribution in [0.25, 0.3) is 0 Å². The number of esters is 1. The van der Waals surface area contributed by atoms with Crippen LogP contribution in [0.3, 0.4) is 0 Å². The molecule has 1 heterocycles. The second kappa shape index (κ2) is 9.09. The van der Waals surface area contributed by atoms with Crippen LogP contribution in [0.15, 0.2) is 34.9 Å². The van der Waals surface area contributed by atoms with Crippen LogP contribution in [-0.4, -0.2) is 37.5 Å². The number of halogens is 1. The minimum Gasteiger partial charge on any atom is -0.495 e. The van der Waals surface area contributed by atoms with E-state index in [0.29, 0.717) is 16.5 Å². The summed E-state index contributed by atoms with van der Waals surface area (Å²) in [5.41, 5.74) is 1.15. The molecular formula is C18H19ClN2O6. The first-order valence-electron chi connectivity index (χ1n) is 7.96. The summed E-state index contributed by atoms with van der Waals surface area (Å²) in [5, 5.41) is 5.50. The second-order valence-corrected chi connectivity index (χ2v) is 6.04. The van der Waals surface area contributed by atoms with Crippen molar-refractivity contribution < 1.29 is 28.3 Å². The van der Waals surface area contributed by atoms with Crippen LogP contribution in [0, 0.1) is 6.92 Å². The van der Waals surface area contributed by atoms with Gasteiger partial charge in [0, 0.05) is 11.1 Å². The molecular weight excluding hydrogens is 376 g/mol. The van der Waals surface area contributed by atoms with Crippen molar-refractivity contribution in [1.82, 2.24) is 5.32 Å². The summed E-state index contributed by atoms with van der Waals surface area (Å²) in [6, 6.07) is 5.28. The van der Waals surface area contributed by atoms with Gasteiger partial charge < -0.3 is 24.5 Å². The number of anilines is 1. The third kappa shape index (κ3) is 5.49. The maximum Gasteiger partial charge on any atom is 0.328 e. The zero-order valence-corrected chi connectivity index (χ0v) is 15.8. The molecule has 9 heteroatoms. The zero-order valence-electron chi connectivity index (χ0n) is 15.0. The molecule has 2 N–H and O–H groups in total. The fraction of sp³-hybridized carbons (Fsp3) is 0.278. The Balaban J connectivity index is 1.87. The first-order valence-corrected chi connectivity index (χ1v) is 8.34. The molecule has 0 aliphatic carbocycles. The monoisotopic (exact) mass is 394 g/mol. The smallest absolute Gasteiger partial charge is 0.328 e. The van der Waals surface area contributed by atoms with Gasteiger partial charge in [0.15, 0.2) is 12.4 Å². The number of ether oxygens (including phenoxy) is 2. The van der Waals surface area contributed by atoms with E-state index in [4.69, 9.17) is 25.5 Å². The van der Waals surface area contributed by atoms with Crippen LogP contribution in [0.1, 0.15) is 23.0 Å². The lowest BCUT2D eigenvalue weighted by Crippen LogP contribution is -2.40. The van der Waals surface area contributed by atoms with Crippen LogP contribution in [0.4, 0.5) is 5.69 Å². The molecule has 2 amide bonds. The molecule has 0 unspecified atom stereocenters. The van der Waals surface area contributed by atoms with Gasteiger partial charge in [-0.2, -0.15) is 0 Å². The van der Waals surface area contributed by atoms with Crippen molar-refractivity contribution in [3.8, 4) is 5.75 Å². The first-order chi connectivity index (χ1) is 12.8. The Morgan fingerprint density at radius 2 is 2.04 bits per heavy atom. The number of benzene rings is 1. The van der Waals surface area contributed by atoms with E-state index in [9.17, 15) is 14.4 Å². The largest absolute Gasteiger partial charge is 0.495 e. The van der Waals surface area contributed by atoms with Gasteiger partial charge in [0.1, 0.15) is 11.8 Å². The van der Waals surface area contributed by atoms with Gasteiger partial charge in [-0.1, -0.05) is 11.6 Å². The van der Waals surface area contributed by atoms with Gasteiger partial charge in [0.2, 0.25) is 0 Å². The van der Waals surface area contributed by atoms with E-state index in [-0.39, 0.29) is 5.76 Å². The SMILES string of the molecule is COc1cc(Cl)c(C)cc1NC(=O)COC(=O)[C@H](C)NC(=O)c1ccco1. The van der Waals surface area contributed by atoms with E-state index < -0.39 is 30.4 Å². The fourth-order valence-corrected chi connectivity index (χ4v) is 2.27. The van der Waals surface area contributed by atoms with Crippen LogP contribution in [0.5, 0.6) is 5.75 Å². The van der Waals surface area contributed by atoms with Crippen molar-refractivity contribution in [1.29, 1.82) is 0 Å². The summed E-state index contributed by atoms with van der Waals surface area (Å²) in [4.78, 5) is 35.8. The van der Waals surface area contributed by atoms with E-state index in [2.05, 4.69) is 10.6 Å². The molecule has 0 aliphatic heterocycles. The lowest BCUT2D eigenvalue weighted by Gasteiger charge is -2.14. The molecule has 0 fully saturated rings. The summed E-state index contributed by atoms with van der Waals surface area (Å²) >= 11 is 6.01. The number of aryl methyl sites for hydroxylation is 1. The van der Waals surface area contributed by atoms with Crippen molar-refractivity contribution in [2.24, 2.45) is 0 Å².